The standard InChI is InChI=1S/C17H45O6Si5/c1-17(16-18)19-14-13-15-25(5,6)21-27(9,10)23-28(11,12)22-26(7,8)20-24(2,3)4/h17H,13-16H2,1-12H3. The minimum absolute atomic E-state index is 0.189. The molecule has 28 heavy (non-hydrogen) atoms. The Kier molecular flexibility index (Phi) is 11.3. The van der Waals surface area contributed by atoms with Crippen LogP contribution in [0.25, 0.3) is 0 Å². The molecule has 0 aromatic rings. The van der Waals surface area contributed by atoms with Crippen molar-refractivity contribution < 1.29 is 26.3 Å². The molecule has 6 nitrogen and oxygen atoms in total. The third-order valence-corrected chi connectivity index (χ3v) is 21.6. The predicted molar refractivity (Wildman–Crippen MR) is 128 cm³/mol. The topological polar surface area (TPSA) is 66.1 Å². The lowest BCUT2D eigenvalue weighted by atomic mass is 10.4. The van der Waals surface area contributed by atoms with Crippen LogP contribution in [-0.2, 0) is 26.3 Å². The van der Waals surface area contributed by atoms with Crippen LogP contribution < -0.4 is 0 Å². The van der Waals surface area contributed by atoms with Crippen LogP contribution in [0.3, 0.4) is 0 Å². The van der Waals surface area contributed by atoms with Gasteiger partial charge in [0.05, 0.1) is 6.10 Å². The quantitative estimate of drug-likeness (QED) is 0.242. The highest BCUT2D eigenvalue weighted by Gasteiger charge is 2.45. The zero-order chi connectivity index (χ0) is 22.4. The first kappa shape index (κ1) is 28.8. The average Bonchev–Trinajstić information content (AvgIpc) is 2.35. The molecule has 1 atom stereocenters. The molecule has 0 aromatic carbocycles. The van der Waals surface area contributed by atoms with Crippen LogP contribution in [0.15, 0.2) is 0 Å². The van der Waals surface area contributed by atoms with Crippen LogP contribution in [0.4, 0.5) is 0 Å². The third kappa shape index (κ3) is 14.8. The van der Waals surface area contributed by atoms with Crippen LogP contribution >= 0.6 is 0 Å². The summed E-state index contributed by atoms with van der Waals surface area (Å²) in [4.78, 5) is 0. The minimum Gasteiger partial charge on any atom is -0.437 e. The van der Waals surface area contributed by atoms with E-state index in [0.29, 0.717) is 6.61 Å². The Labute approximate surface area is 179 Å². The van der Waals surface area contributed by atoms with Gasteiger partial charge in [-0.2, -0.15) is 0 Å². The van der Waals surface area contributed by atoms with E-state index in [1.807, 2.05) is 6.92 Å². The van der Waals surface area contributed by atoms with Gasteiger partial charge in [0.1, 0.15) is 6.61 Å². The van der Waals surface area contributed by atoms with E-state index in [1.54, 1.807) is 0 Å². The highest BCUT2D eigenvalue weighted by Crippen LogP contribution is 2.27. The molecule has 0 aliphatic carbocycles. The highest BCUT2D eigenvalue weighted by molar-refractivity contribution is 6.90. The molecular formula is C17H45O6Si5. The van der Waals surface area contributed by atoms with Crippen molar-refractivity contribution in [3.63, 3.8) is 0 Å². The summed E-state index contributed by atoms with van der Waals surface area (Å²) < 4.78 is 31.4. The summed E-state index contributed by atoms with van der Waals surface area (Å²) in [6, 6.07) is 0.986. The largest absolute Gasteiger partial charge is 0.437 e. The third-order valence-electron chi connectivity index (χ3n) is 3.62. The molecule has 0 bridgehead atoms. The summed E-state index contributed by atoms with van der Waals surface area (Å²) in [5.41, 5.74) is 0. The van der Waals surface area contributed by atoms with E-state index in [-0.39, 0.29) is 12.7 Å². The van der Waals surface area contributed by atoms with Crippen molar-refractivity contribution in [3.8, 4) is 0 Å². The van der Waals surface area contributed by atoms with Gasteiger partial charge in [0.15, 0.2) is 16.6 Å². The summed E-state index contributed by atoms with van der Waals surface area (Å²) in [7, 11) is -10.5. The van der Waals surface area contributed by atoms with E-state index in [2.05, 4.69) is 72.0 Å². The summed E-state index contributed by atoms with van der Waals surface area (Å²) in [5.74, 6) is 0. The van der Waals surface area contributed by atoms with Crippen molar-refractivity contribution in [3.05, 3.63) is 0 Å². The second-order valence-corrected chi connectivity index (χ2v) is 30.3. The molecule has 0 rings (SSSR count). The summed E-state index contributed by atoms with van der Waals surface area (Å²) >= 11 is 0. The lowest BCUT2D eigenvalue weighted by molar-refractivity contribution is 0.00240. The van der Waals surface area contributed by atoms with Crippen molar-refractivity contribution in [1.82, 2.24) is 0 Å². The summed E-state index contributed by atoms with van der Waals surface area (Å²) in [6.45, 7) is 25.9. The summed E-state index contributed by atoms with van der Waals surface area (Å²) in [6.07, 6.45) is 0.699. The Bertz CT molecular complexity index is 465. The molecule has 11 heteroatoms. The Morgan fingerprint density at radius 2 is 1.11 bits per heavy atom. The molecule has 0 saturated heterocycles. The van der Waals surface area contributed by atoms with Gasteiger partial charge in [-0.05, 0) is 91.4 Å². The van der Waals surface area contributed by atoms with Crippen LogP contribution in [0.2, 0.25) is 78.1 Å². The predicted octanol–water partition coefficient (Wildman–Crippen LogP) is 5.42. The normalized spacial score (nSPS) is 15.8. The Morgan fingerprint density at radius 1 is 0.679 bits per heavy atom. The van der Waals surface area contributed by atoms with E-state index >= 15 is 0 Å². The van der Waals surface area contributed by atoms with Crippen molar-refractivity contribution in [2.45, 2.75) is 97.5 Å². The minimum atomic E-state index is -2.37. The van der Waals surface area contributed by atoms with Crippen molar-refractivity contribution in [2.24, 2.45) is 0 Å². The van der Waals surface area contributed by atoms with Gasteiger partial charge in [0.25, 0.3) is 0 Å². The van der Waals surface area contributed by atoms with Gasteiger partial charge in [-0.15, -0.1) is 0 Å². The van der Waals surface area contributed by atoms with Gasteiger partial charge in [0.2, 0.25) is 0 Å². The van der Waals surface area contributed by atoms with E-state index in [1.165, 1.54) is 0 Å². The first-order valence-electron chi connectivity index (χ1n) is 10.3. The molecule has 169 valence electrons. The second-order valence-electron chi connectivity index (χ2n) is 10.4. The Balaban J connectivity index is 4.73. The fraction of sp³-hybridized carbons (Fsp3) is 1.00. The maximum atomic E-state index is 10.8. The molecular weight excluding hydrogens is 441 g/mol. The molecule has 0 fully saturated rings. The maximum Gasteiger partial charge on any atom is 0.314 e. The molecule has 0 spiro atoms. The SMILES string of the molecule is CC(C[O])OCCC[Si](C)(C)O[Si](C)(C)O[Si](C)(C)O[Si](C)(C)O[Si](C)(C)C. The Hall–Kier alpha value is 0.844. The van der Waals surface area contributed by atoms with Gasteiger partial charge >= 0.3 is 25.7 Å². The smallest absolute Gasteiger partial charge is 0.314 e. The number of ether oxygens (including phenoxy) is 1. The molecule has 1 unspecified atom stereocenters. The summed E-state index contributed by atoms with van der Waals surface area (Å²) in [5, 5.41) is 10.8. The fourth-order valence-electron chi connectivity index (χ4n) is 3.53. The molecule has 0 aromatic heterocycles. The van der Waals surface area contributed by atoms with Gasteiger partial charge < -0.3 is 21.2 Å². The van der Waals surface area contributed by atoms with Crippen molar-refractivity contribution in [2.75, 3.05) is 13.2 Å². The highest BCUT2D eigenvalue weighted by atomic mass is 28.5. The first-order chi connectivity index (χ1) is 12.3. The average molecular weight is 486 g/mol. The lowest BCUT2D eigenvalue weighted by Gasteiger charge is -2.42. The molecule has 0 heterocycles. The molecule has 0 saturated carbocycles. The van der Waals surface area contributed by atoms with Gasteiger partial charge in [0, 0.05) is 6.61 Å². The van der Waals surface area contributed by atoms with Gasteiger partial charge in [-0.1, -0.05) is 0 Å². The fourth-order valence-corrected chi connectivity index (χ4v) is 27.3. The molecule has 0 N–H and O–H groups in total. The van der Waals surface area contributed by atoms with Gasteiger partial charge in [-0.3, -0.25) is 0 Å². The van der Waals surface area contributed by atoms with E-state index in [4.69, 9.17) is 21.2 Å². The van der Waals surface area contributed by atoms with Crippen molar-refractivity contribution >= 4 is 42.3 Å². The lowest BCUT2D eigenvalue weighted by Crippen LogP contribution is -2.58. The van der Waals surface area contributed by atoms with E-state index < -0.39 is 42.3 Å². The zero-order valence-electron chi connectivity index (χ0n) is 20.4. The Morgan fingerprint density at radius 3 is 1.54 bits per heavy atom. The molecule has 0 aliphatic heterocycles. The van der Waals surface area contributed by atoms with E-state index in [0.717, 1.165) is 12.5 Å². The molecule has 0 aliphatic rings. The molecule has 1 radical (unpaired) electrons. The van der Waals surface area contributed by atoms with Gasteiger partial charge in [-0.25, -0.2) is 5.11 Å². The molecule has 0 amide bonds. The van der Waals surface area contributed by atoms with Crippen LogP contribution in [-0.4, -0.2) is 61.6 Å². The zero-order valence-corrected chi connectivity index (χ0v) is 25.4. The van der Waals surface area contributed by atoms with Crippen LogP contribution in [0.1, 0.15) is 13.3 Å². The monoisotopic (exact) mass is 485 g/mol. The maximum absolute atomic E-state index is 10.8. The number of rotatable bonds is 14. The number of hydrogen-bond acceptors (Lipinski definition) is 5. The number of hydrogen-bond donors (Lipinski definition) is 0. The second kappa shape index (κ2) is 10.9. The van der Waals surface area contributed by atoms with Crippen LogP contribution in [0.5, 0.6) is 0 Å². The van der Waals surface area contributed by atoms with Crippen LogP contribution in [0, 0.1) is 0 Å². The first-order valence-corrected chi connectivity index (χ1v) is 25.3. The van der Waals surface area contributed by atoms with E-state index in [9.17, 15) is 5.11 Å². The van der Waals surface area contributed by atoms with Crippen molar-refractivity contribution in [1.29, 1.82) is 0 Å².